The Morgan fingerprint density at radius 3 is 2.47 bits per heavy atom. The molecule has 1 aliphatic heterocycles. The molecule has 2 aromatic carbocycles. The van der Waals surface area contributed by atoms with Crippen LogP contribution in [-0.4, -0.2) is 30.4 Å². The molecule has 2 fully saturated rings. The van der Waals surface area contributed by atoms with Crippen LogP contribution in [0.4, 0.5) is 10.1 Å². The van der Waals surface area contributed by atoms with Gasteiger partial charge in [0.1, 0.15) is 5.82 Å². The lowest BCUT2D eigenvalue weighted by molar-refractivity contribution is -0.123. The SMILES string of the molecule is CNC(=O)C1NC2(CCCCC2)C(C(=O)Nc2cccc(Cl)c2)C1c1cccc(Cl)c1F. The molecule has 2 aromatic rings. The second-order valence-corrected chi connectivity index (χ2v) is 9.44. The Morgan fingerprint density at radius 1 is 1.06 bits per heavy atom. The van der Waals surface area contributed by atoms with Crippen molar-refractivity contribution in [2.75, 3.05) is 12.4 Å². The molecule has 1 spiro atoms. The predicted molar refractivity (Wildman–Crippen MR) is 125 cm³/mol. The van der Waals surface area contributed by atoms with Gasteiger partial charge < -0.3 is 10.6 Å². The van der Waals surface area contributed by atoms with E-state index in [1.807, 2.05) is 0 Å². The summed E-state index contributed by atoms with van der Waals surface area (Å²) in [6, 6.07) is 10.9. The smallest absolute Gasteiger partial charge is 0.237 e. The van der Waals surface area contributed by atoms with E-state index in [2.05, 4.69) is 16.0 Å². The lowest BCUT2D eigenvalue weighted by Gasteiger charge is -2.39. The van der Waals surface area contributed by atoms with E-state index in [0.717, 1.165) is 32.1 Å². The number of hydrogen-bond donors (Lipinski definition) is 3. The highest BCUT2D eigenvalue weighted by Crippen LogP contribution is 2.50. The van der Waals surface area contributed by atoms with Crippen molar-refractivity contribution in [2.24, 2.45) is 5.92 Å². The standard InChI is InChI=1S/C24H26Cl2FN3O2/c1-28-23(32)21-18(16-9-6-10-17(26)20(16)27)19(24(30-21)11-3-2-4-12-24)22(31)29-15-8-5-7-14(25)13-15/h5-10,13,18-19,21,30H,2-4,11-12H2,1H3,(H,28,32)(H,29,31). The first kappa shape index (κ1) is 23.0. The van der Waals surface area contributed by atoms with Crippen LogP contribution in [0.5, 0.6) is 0 Å². The fourth-order valence-electron chi connectivity index (χ4n) is 5.38. The van der Waals surface area contributed by atoms with Crippen LogP contribution in [0.25, 0.3) is 0 Å². The molecule has 1 heterocycles. The van der Waals surface area contributed by atoms with Gasteiger partial charge in [-0.1, -0.05) is 60.7 Å². The number of amides is 2. The average molecular weight is 478 g/mol. The van der Waals surface area contributed by atoms with E-state index < -0.39 is 29.2 Å². The summed E-state index contributed by atoms with van der Waals surface area (Å²) < 4.78 is 15.2. The summed E-state index contributed by atoms with van der Waals surface area (Å²) in [6.07, 6.45) is 4.38. The summed E-state index contributed by atoms with van der Waals surface area (Å²) in [4.78, 5) is 26.7. The van der Waals surface area contributed by atoms with Gasteiger partial charge in [-0.25, -0.2) is 4.39 Å². The van der Waals surface area contributed by atoms with Gasteiger partial charge in [-0.2, -0.15) is 0 Å². The van der Waals surface area contributed by atoms with Crippen LogP contribution in [0, 0.1) is 11.7 Å². The fourth-order valence-corrected chi connectivity index (χ4v) is 5.76. The molecule has 3 N–H and O–H groups in total. The third-order valence-electron chi connectivity index (χ3n) is 6.75. The summed E-state index contributed by atoms with van der Waals surface area (Å²) in [6.45, 7) is 0. The van der Waals surface area contributed by atoms with Crippen LogP contribution in [-0.2, 0) is 9.59 Å². The third kappa shape index (κ3) is 4.24. The molecule has 8 heteroatoms. The Hall–Kier alpha value is -2.15. The number of hydrogen-bond acceptors (Lipinski definition) is 3. The number of carbonyl (C=O) groups is 2. The highest BCUT2D eigenvalue weighted by atomic mass is 35.5. The summed E-state index contributed by atoms with van der Waals surface area (Å²) in [5.41, 5.74) is 0.215. The molecule has 3 unspecified atom stereocenters. The molecule has 32 heavy (non-hydrogen) atoms. The Morgan fingerprint density at radius 2 is 1.78 bits per heavy atom. The summed E-state index contributed by atoms with van der Waals surface area (Å²) in [5, 5.41) is 9.57. The number of likely N-dealkylation sites (N-methyl/N-ethyl adjacent to an activating group) is 1. The van der Waals surface area contributed by atoms with E-state index >= 15 is 4.39 Å². The molecule has 2 aliphatic rings. The molecule has 170 valence electrons. The minimum Gasteiger partial charge on any atom is -0.358 e. The maximum absolute atomic E-state index is 15.2. The molecule has 1 aliphatic carbocycles. The van der Waals surface area contributed by atoms with Crippen LogP contribution in [0.15, 0.2) is 42.5 Å². The Balaban J connectivity index is 1.82. The molecule has 5 nitrogen and oxygen atoms in total. The van der Waals surface area contributed by atoms with E-state index in [9.17, 15) is 9.59 Å². The van der Waals surface area contributed by atoms with Crippen molar-refractivity contribution in [3.63, 3.8) is 0 Å². The number of rotatable bonds is 4. The highest BCUT2D eigenvalue weighted by Gasteiger charge is 2.59. The molecule has 0 radical (unpaired) electrons. The van der Waals surface area contributed by atoms with Gasteiger partial charge in [0.05, 0.1) is 17.0 Å². The van der Waals surface area contributed by atoms with Crippen molar-refractivity contribution >= 4 is 40.7 Å². The van der Waals surface area contributed by atoms with Gasteiger partial charge in [-0.15, -0.1) is 0 Å². The van der Waals surface area contributed by atoms with E-state index in [0.29, 0.717) is 10.7 Å². The molecular weight excluding hydrogens is 452 g/mol. The minimum atomic E-state index is -0.763. The van der Waals surface area contributed by atoms with E-state index in [4.69, 9.17) is 23.2 Å². The lowest BCUT2D eigenvalue weighted by Crippen LogP contribution is -2.53. The van der Waals surface area contributed by atoms with Gasteiger partial charge in [0.15, 0.2) is 0 Å². The normalized spacial score (nSPS) is 24.3. The van der Waals surface area contributed by atoms with Crippen molar-refractivity contribution in [1.82, 2.24) is 10.6 Å². The lowest BCUT2D eigenvalue weighted by atomic mass is 9.68. The molecule has 1 saturated carbocycles. The monoisotopic (exact) mass is 477 g/mol. The van der Waals surface area contributed by atoms with E-state index in [1.54, 1.807) is 43.4 Å². The zero-order valence-corrected chi connectivity index (χ0v) is 19.3. The summed E-state index contributed by atoms with van der Waals surface area (Å²) >= 11 is 12.2. The zero-order chi connectivity index (χ0) is 22.9. The van der Waals surface area contributed by atoms with Crippen LogP contribution < -0.4 is 16.0 Å². The molecule has 3 atom stereocenters. The van der Waals surface area contributed by atoms with Gasteiger partial charge >= 0.3 is 0 Å². The largest absolute Gasteiger partial charge is 0.358 e. The molecule has 4 rings (SSSR count). The van der Waals surface area contributed by atoms with Crippen molar-refractivity contribution in [2.45, 2.75) is 49.6 Å². The van der Waals surface area contributed by atoms with Crippen LogP contribution in [0.2, 0.25) is 10.0 Å². The summed E-state index contributed by atoms with van der Waals surface area (Å²) in [7, 11) is 1.54. The zero-order valence-electron chi connectivity index (χ0n) is 17.8. The predicted octanol–water partition coefficient (Wildman–Crippen LogP) is 4.89. The molecule has 2 amide bonds. The number of anilines is 1. The fraction of sp³-hybridized carbons (Fsp3) is 0.417. The first-order valence-electron chi connectivity index (χ1n) is 10.9. The number of carbonyl (C=O) groups excluding carboxylic acids is 2. The number of halogens is 3. The van der Waals surface area contributed by atoms with Gasteiger partial charge in [0.2, 0.25) is 11.8 Å². The van der Waals surface area contributed by atoms with Crippen LogP contribution in [0.1, 0.15) is 43.6 Å². The maximum atomic E-state index is 15.2. The minimum absolute atomic E-state index is 0.0308. The Kier molecular flexibility index (Phi) is 6.75. The Labute approximate surface area is 197 Å². The summed E-state index contributed by atoms with van der Waals surface area (Å²) in [5.74, 6) is -2.53. The van der Waals surface area contributed by atoms with Crippen molar-refractivity contribution in [3.8, 4) is 0 Å². The molecule has 0 bridgehead atoms. The molecular formula is C24H26Cl2FN3O2. The first-order chi connectivity index (χ1) is 15.4. The van der Waals surface area contributed by atoms with Crippen LogP contribution in [0.3, 0.4) is 0 Å². The van der Waals surface area contributed by atoms with E-state index in [-0.39, 0.29) is 22.4 Å². The van der Waals surface area contributed by atoms with Gasteiger partial charge in [-0.3, -0.25) is 14.9 Å². The molecule has 0 aromatic heterocycles. The second kappa shape index (κ2) is 9.38. The topological polar surface area (TPSA) is 70.2 Å². The van der Waals surface area contributed by atoms with Crippen molar-refractivity contribution in [3.05, 3.63) is 63.9 Å². The Bertz CT molecular complexity index is 1030. The van der Waals surface area contributed by atoms with Crippen molar-refractivity contribution in [1.29, 1.82) is 0 Å². The maximum Gasteiger partial charge on any atom is 0.237 e. The van der Waals surface area contributed by atoms with Gasteiger partial charge in [0, 0.05) is 29.2 Å². The number of benzene rings is 2. The highest BCUT2D eigenvalue weighted by molar-refractivity contribution is 6.31. The van der Waals surface area contributed by atoms with Gasteiger partial charge in [0.25, 0.3) is 0 Å². The average Bonchev–Trinajstić information content (AvgIpc) is 3.09. The third-order valence-corrected chi connectivity index (χ3v) is 7.27. The number of nitrogens with one attached hydrogen (secondary N) is 3. The van der Waals surface area contributed by atoms with E-state index in [1.165, 1.54) is 6.07 Å². The second-order valence-electron chi connectivity index (χ2n) is 8.60. The van der Waals surface area contributed by atoms with Crippen LogP contribution >= 0.6 is 23.2 Å². The van der Waals surface area contributed by atoms with Crippen molar-refractivity contribution < 1.29 is 14.0 Å². The van der Waals surface area contributed by atoms with Gasteiger partial charge in [-0.05, 0) is 42.7 Å². The first-order valence-corrected chi connectivity index (χ1v) is 11.6. The molecule has 1 saturated heterocycles. The quantitative estimate of drug-likeness (QED) is 0.586.